The Morgan fingerprint density at radius 2 is 0.862 bits per heavy atom. The number of imidazole rings is 3. The molecule has 0 aliphatic heterocycles. The van der Waals surface area contributed by atoms with E-state index in [1.807, 2.05) is 0 Å². The summed E-state index contributed by atoms with van der Waals surface area (Å²) < 4.78 is 7.05. The molecule has 0 atom stereocenters. The molecule has 0 radical (unpaired) electrons. The van der Waals surface area contributed by atoms with Crippen molar-refractivity contribution in [3.63, 3.8) is 0 Å². The van der Waals surface area contributed by atoms with Crippen molar-refractivity contribution in [2.75, 3.05) is 0 Å². The molecule has 0 spiro atoms. The Morgan fingerprint density at radius 1 is 0.483 bits per heavy atom. The van der Waals surface area contributed by atoms with Gasteiger partial charge in [0, 0.05) is 22.4 Å². The first-order valence-electron chi connectivity index (χ1n) is 20.2. The van der Waals surface area contributed by atoms with Gasteiger partial charge in [0.1, 0.15) is 17.5 Å². The standard InChI is InChI=1S/C52H48N6/c1-9-18-33(4)47(32(2)3)56-44-26-13-10-23-41(44)53-50(56)38-29-39(51-54-42-24-11-14-27-45(42)57(51)48-34(5)19-16-20-35(48)6)31-40(30-38)52-55-43-25-12-15-28-46(43)58(52)49-36(7)21-17-22-37(49)8/h10-31H,9H2,1-8H3/b33-18-. The number of allylic oxidation sites excluding steroid dienone is 4. The molecule has 0 unspecified atom stereocenters. The van der Waals surface area contributed by atoms with Crippen molar-refractivity contribution in [1.29, 1.82) is 0 Å². The van der Waals surface area contributed by atoms with Gasteiger partial charge in [0.05, 0.1) is 44.5 Å². The number of aromatic nitrogens is 6. The second-order valence-corrected chi connectivity index (χ2v) is 15.7. The van der Waals surface area contributed by atoms with Crippen molar-refractivity contribution >= 4 is 38.8 Å². The van der Waals surface area contributed by atoms with E-state index >= 15 is 0 Å². The molecule has 286 valence electrons. The van der Waals surface area contributed by atoms with Gasteiger partial charge < -0.3 is 0 Å². The van der Waals surface area contributed by atoms with Crippen LogP contribution in [0.25, 0.3) is 84.3 Å². The smallest absolute Gasteiger partial charge is 0.145 e. The highest BCUT2D eigenvalue weighted by atomic mass is 15.1. The lowest BCUT2D eigenvalue weighted by atomic mass is 10.0. The van der Waals surface area contributed by atoms with Gasteiger partial charge in [-0.3, -0.25) is 13.7 Å². The minimum atomic E-state index is 0.864. The molecule has 6 heteroatoms. The number of hydrogen-bond acceptors (Lipinski definition) is 3. The first-order valence-corrected chi connectivity index (χ1v) is 20.2. The molecule has 6 aromatic carbocycles. The van der Waals surface area contributed by atoms with Crippen molar-refractivity contribution in [3.05, 3.63) is 167 Å². The zero-order chi connectivity index (χ0) is 40.2. The SMILES string of the molecule is CC/C=C(/C)C(=C(C)C)n1c(-c2cc(-c3nc4ccccc4n3-c3c(C)cccc3C)cc(-c3nc4ccccc4n3-c3c(C)cccc3C)c2)nc2ccccc21. The number of hydrogen-bond donors (Lipinski definition) is 0. The van der Waals surface area contributed by atoms with E-state index in [4.69, 9.17) is 15.0 Å². The largest absolute Gasteiger partial charge is 0.292 e. The van der Waals surface area contributed by atoms with Crippen LogP contribution >= 0.6 is 0 Å². The molecule has 6 nitrogen and oxygen atoms in total. The molecular formula is C52H48N6. The predicted molar refractivity (Wildman–Crippen MR) is 243 cm³/mol. The maximum Gasteiger partial charge on any atom is 0.145 e. The molecular weight excluding hydrogens is 709 g/mol. The Bertz CT molecular complexity index is 2930. The fourth-order valence-corrected chi connectivity index (χ4v) is 8.87. The van der Waals surface area contributed by atoms with Gasteiger partial charge in [-0.1, -0.05) is 91.4 Å². The van der Waals surface area contributed by atoms with E-state index < -0.39 is 0 Å². The van der Waals surface area contributed by atoms with Gasteiger partial charge in [0.25, 0.3) is 0 Å². The maximum atomic E-state index is 5.45. The Labute approximate surface area is 340 Å². The summed E-state index contributed by atoms with van der Waals surface area (Å²) in [4.78, 5) is 16.3. The van der Waals surface area contributed by atoms with Crippen LogP contribution in [-0.2, 0) is 0 Å². The number of rotatable bonds is 8. The third kappa shape index (κ3) is 6.08. The minimum absolute atomic E-state index is 0.864. The molecule has 9 rings (SSSR count). The average molecular weight is 757 g/mol. The van der Waals surface area contributed by atoms with Crippen molar-refractivity contribution in [3.8, 4) is 45.5 Å². The summed E-state index contributed by atoms with van der Waals surface area (Å²) in [5.41, 5.74) is 19.6. The summed E-state index contributed by atoms with van der Waals surface area (Å²) in [6.07, 6.45) is 3.25. The number of benzene rings is 6. The quantitative estimate of drug-likeness (QED) is 0.145. The van der Waals surface area contributed by atoms with E-state index in [9.17, 15) is 0 Å². The maximum absolute atomic E-state index is 5.45. The first kappa shape index (κ1) is 36.8. The number of fused-ring (bicyclic) bond motifs is 3. The van der Waals surface area contributed by atoms with Crippen LogP contribution in [0.1, 0.15) is 56.4 Å². The Hall–Kier alpha value is -6.79. The van der Waals surface area contributed by atoms with E-state index in [0.29, 0.717) is 0 Å². The molecule has 3 aromatic heterocycles. The van der Waals surface area contributed by atoms with Crippen LogP contribution in [-0.4, -0.2) is 28.7 Å². The van der Waals surface area contributed by atoms with E-state index in [-0.39, 0.29) is 0 Å². The lowest BCUT2D eigenvalue weighted by Crippen LogP contribution is -2.06. The summed E-state index contributed by atoms with van der Waals surface area (Å²) in [5, 5.41) is 0. The molecule has 58 heavy (non-hydrogen) atoms. The fourth-order valence-electron chi connectivity index (χ4n) is 8.87. The molecule has 0 aliphatic rings. The van der Waals surface area contributed by atoms with Crippen LogP contribution in [0.15, 0.2) is 145 Å². The molecule has 0 amide bonds. The number of nitrogens with zero attached hydrogens (tertiary/aromatic N) is 6. The second kappa shape index (κ2) is 14.6. The van der Waals surface area contributed by atoms with Crippen LogP contribution in [0.5, 0.6) is 0 Å². The van der Waals surface area contributed by atoms with Crippen LogP contribution in [0.4, 0.5) is 0 Å². The summed E-state index contributed by atoms with van der Waals surface area (Å²) in [6.45, 7) is 17.5. The van der Waals surface area contributed by atoms with E-state index in [1.54, 1.807) is 0 Å². The van der Waals surface area contributed by atoms with Gasteiger partial charge >= 0.3 is 0 Å². The average Bonchev–Trinajstić information content (AvgIpc) is 3.90. The van der Waals surface area contributed by atoms with Crippen LogP contribution in [0.2, 0.25) is 0 Å². The highest BCUT2D eigenvalue weighted by Crippen LogP contribution is 2.41. The van der Waals surface area contributed by atoms with Crippen molar-refractivity contribution < 1.29 is 0 Å². The third-order valence-electron chi connectivity index (χ3n) is 11.3. The van der Waals surface area contributed by atoms with Crippen molar-refractivity contribution in [2.24, 2.45) is 0 Å². The van der Waals surface area contributed by atoms with E-state index in [2.05, 4.69) is 203 Å². The monoisotopic (exact) mass is 756 g/mol. The van der Waals surface area contributed by atoms with Gasteiger partial charge in [-0.25, -0.2) is 15.0 Å². The Morgan fingerprint density at radius 3 is 1.29 bits per heavy atom. The highest BCUT2D eigenvalue weighted by Gasteiger charge is 2.25. The third-order valence-corrected chi connectivity index (χ3v) is 11.3. The summed E-state index contributed by atoms with van der Waals surface area (Å²) in [5.74, 6) is 2.60. The predicted octanol–water partition coefficient (Wildman–Crippen LogP) is 13.6. The summed E-state index contributed by atoms with van der Waals surface area (Å²) in [7, 11) is 0. The lowest BCUT2D eigenvalue weighted by molar-refractivity contribution is 1.05. The highest BCUT2D eigenvalue weighted by molar-refractivity contribution is 5.92. The Kier molecular flexibility index (Phi) is 9.28. The Balaban J connectivity index is 1.43. The van der Waals surface area contributed by atoms with Crippen LogP contribution < -0.4 is 0 Å². The van der Waals surface area contributed by atoms with Crippen LogP contribution in [0.3, 0.4) is 0 Å². The molecule has 0 bridgehead atoms. The topological polar surface area (TPSA) is 53.5 Å². The van der Waals surface area contributed by atoms with Crippen molar-refractivity contribution in [1.82, 2.24) is 28.7 Å². The normalized spacial score (nSPS) is 12.0. The summed E-state index contributed by atoms with van der Waals surface area (Å²) >= 11 is 0. The summed E-state index contributed by atoms with van der Waals surface area (Å²) in [6, 6.07) is 45.2. The van der Waals surface area contributed by atoms with Gasteiger partial charge in [-0.2, -0.15) is 0 Å². The molecule has 0 N–H and O–H groups in total. The fraction of sp³-hybridized carbons (Fsp3) is 0.173. The molecule has 3 heterocycles. The molecule has 0 aliphatic carbocycles. The van der Waals surface area contributed by atoms with Gasteiger partial charge in [0.15, 0.2) is 0 Å². The molecule has 0 saturated heterocycles. The zero-order valence-electron chi connectivity index (χ0n) is 34.6. The molecule has 0 fully saturated rings. The lowest BCUT2D eigenvalue weighted by Gasteiger charge is -2.19. The van der Waals surface area contributed by atoms with E-state index in [1.165, 1.54) is 33.4 Å². The van der Waals surface area contributed by atoms with Gasteiger partial charge in [-0.05, 0) is 137 Å². The first-order chi connectivity index (χ1) is 28.1. The van der Waals surface area contributed by atoms with Gasteiger partial charge in [0.2, 0.25) is 0 Å². The minimum Gasteiger partial charge on any atom is -0.292 e. The van der Waals surface area contributed by atoms with Crippen LogP contribution in [0, 0.1) is 27.7 Å². The molecule has 0 saturated carbocycles. The zero-order valence-corrected chi connectivity index (χ0v) is 34.6. The number of para-hydroxylation sites is 8. The van der Waals surface area contributed by atoms with Gasteiger partial charge in [-0.15, -0.1) is 0 Å². The molecule has 9 aromatic rings. The number of aryl methyl sites for hydroxylation is 4. The van der Waals surface area contributed by atoms with Crippen molar-refractivity contribution in [2.45, 2.75) is 61.8 Å². The second-order valence-electron chi connectivity index (χ2n) is 15.7. The van der Waals surface area contributed by atoms with E-state index in [0.717, 1.165) is 90.8 Å².